The van der Waals surface area contributed by atoms with Gasteiger partial charge in [-0.25, -0.2) is 8.42 Å². The Bertz CT molecular complexity index is 717. The van der Waals surface area contributed by atoms with Crippen molar-refractivity contribution in [2.75, 3.05) is 27.2 Å². The summed E-state index contributed by atoms with van der Waals surface area (Å²) in [6.45, 7) is 14.6. The van der Waals surface area contributed by atoms with Crippen LogP contribution in [0.3, 0.4) is 0 Å². The third kappa shape index (κ3) is 4.75. The summed E-state index contributed by atoms with van der Waals surface area (Å²) in [4.78, 5) is 2.83. The van der Waals surface area contributed by atoms with Crippen molar-refractivity contribution >= 4 is 10.0 Å². The lowest BCUT2D eigenvalue weighted by Gasteiger charge is -2.35. The maximum absolute atomic E-state index is 13.8. The average Bonchev–Trinajstić information content (AvgIpc) is 2.60. The fourth-order valence-electron chi connectivity index (χ4n) is 3.89. The van der Waals surface area contributed by atoms with Crippen molar-refractivity contribution in [1.29, 1.82) is 0 Å². The van der Waals surface area contributed by atoms with Gasteiger partial charge in [0.15, 0.2) is 0 Å². The molecular weight excluding hydrogens is 356 g/mol. The van der Waals surface area contributed by atoms with Crippen LogP contribution in [0.5, 0.6) is 0 Å². The van der Waals surface area contributed by atoms with Crippen molar-refractivity contribution in [3.63, 3.8) is 0 Å². The minimum atomic E-state index is -3.54. The Morgan fingerprint density at radius 2 is 1.37 bits per heavy atom. The number of hydrogen-bond acceptors (Lipinski definition) is 3. The van der Waals surface area contributed by atoms with E-state index in [0.29, 0.717) is 10.8 Å². The first-order valence-electron chi connectivity index (χ1n) is 10.3. The van der Waals surface area contributed by atoms with Crippen LogP contribution in [0, 0.1) is 0 Å². The van der Waals surface area contributed by atoms with Crippen molar-refractivity contribution in [2.45, 2.75) is 83.1 Å². The number of likely N-dealkylation sites (tertiary alicyclic amines) is 1. The van der Waals surface area contributed by atoms with Gasteiger partial charge in [0.2, 0.25) is 10.0 Å². The molecule has 1 fully saturated rings. The zero-order chi connectivity index (χ0) is 20.5. The lowest BCUT2D eigenvalue weighted by atomic mass is 9.89. The van der Waals surface area contributed by atoms with Gasteiger partial charge in [-0.15, -0.1) is 0 Å². The molecular formula is C22H38N2O2S. The Morgan fingerprint density at radius 3 is 1.74 bits per heavy atom. The number of sulfonamides is 1. The largest absolute Gasteiger partial charge is 0.306 e. The molecule has 154 valence electrons. The summed E-state index contributed by atoms with van der Waals surface area (Å²) in [5, 5.41) is 0. The molecule has 1 aliphatic heterocycles. The fraction of sp³-hybridized carbons (Fsp3) is 0.727. The van der Waals surface area contributed by atoms with Crippen LogP contribution in [-0.2, 0) is 10.0 Å². The van der Waals surface area contributed by atoms with E-state index in [9.17, 15) is 8.42 Å². The Morgan fingerprint density at radius 1 is 0.926 bits per heavy atom. The molecule has 1 heterocycles. The summed E-state index contributed by atoms with van der Waals surface area (Å²) in [6.07, 6.45) is 1.79. The standard InChI is InChI=1S/C22H38N2O2S/c1-15(2)18-13-20(16(3)4)22(21(14-18)17(5)6)27(25,26)24(8)19-9-11-23(7)12-10-19/h13-17,19H,9-12H2,1-8H3. The van der Waals surface area contributed by atoms with Crippen molar-refractivity contribution < 1.29 is 8.42 Å². The molecule has 4 nitrogen and oxygen atoms in total. The number of piperidine rings is 1. The van der Waals surface area contributed by atoms with Gasteiger partial charge >= 0.3 is 0 Å². The molecule has 0 unspecified atom stereocenters. The summed E-state index contributed by atoms with van der Waals surface area (Å²) < 4.78 is 29.2. The van der Waals surface area contributed by atoms with Gasteiger partial charge in [0, 0.05) is 13.1 Å². The number of rotatable bonds is 6. The molecule has 2 rings (SSSR count). The summed E-state index contributed by atoms with van der Waals surface area (Å²) in [7, 11) is 0.339. The lowest BCUT2D eigenvalue weighted by Crippen LogP contribution is -2.44. The average molecular weight is 395 g/mol. The molecule has 0 bridgehead atoms. The fourth-order valence-corrected chi connectivity index (χ4v) is 5.96. The van der Waals surface area contributed by atoms with E-state index in [4.69, 9.17) is 0 Å². The Kier molecular flexibility index (Phi) is 7.15. The first-order chi connectivity index (χ1) is 12.5. The second-order valence-corrected chi connectivity index (χ2v) is 11.0. The first kappa shape index (κ1) is 22.4. The van der Waals surface area contributed by atoms with E-state index in [1.165, 1.54) is 5.56 Å². The Balaban J connectivity index is 2.60. The van der Waals surface area contributed by atoms with Crippen LogP contribution in [0.15, 0.2) is 17.0 Å². The van der Waals surface area contributed by atoms with E-state index >= 15 is 0 Å². The van der Waals surface area contributed by atoms with Crippen LogP contribution >= 0.6 is 0 Å². The normalized spacial score (nSPS) is 17.6. The number of nitrogens with zero attached hydrogens (tertiary/aromatic N) is 2. The van der Waals surface area contributed by atoms with Crippen LogP contribution < -0.4 is 0 Å². The van der Waals surface area contributed by atoms with Gasteiger partial charge < -0.3 is 4.90 Å². The zero-order valence-corrected chi connectivity index (χ0v) is 19.2. The first-order valence-corrected chi connectivity index (χ1v) is 11.7. The number of hydrogen-bond donors (Lipinski definition) is 0. The van der Waals surface area contributed by atoms with E-state index in [1.54, 1.807) is 11.4 Å². The van der Waals surface area contributed by atoms with E-state index < -0.39 is 10.0 Å². The molecule has 1 aliphatic rings. The molecule has 27 heavy (non-hydrogen) atoms. The van der Waals surface area contributed by atoms with Gasteiger partial charge in [-0.05, 0) is 67.4 Å². The van der Waals surface area contributed by atoms with Crippen molar-refractivity contribution in [1.82, 2.24) is 9.21 Å². The van der Waals surface area contributed by atoms with E-state index in [0.717, 1.165) is 37.1 Å². The molecule has 1 aromatic rings. The minimum absolute atomic E-state index is 0.0796. The van der Waals surface area contributed by atoms with Crippen molar-refractivity contribution in [2.24, 2.45) is 0 Å². The molecule has 0 atom stereocenters. The SMILES string of the molecule is CC(C)c1cc(C(C)C)c(S(=O)(=O)N(C)C2CCN(C)CC2)c(C(C)C)c1. The van der Waals surface area contributed by atoms with Gasteiger partial charge in [0.25, 0.3) is 0 Å². The third-order valence-corrected chi connectivity index (χ3v) is 7.96. The van der Waals surface area contributed by atoms with Gasteiger partial charge in [0.1, 0.15) is 0 Å². The van der Waals surface area contributed by atoms with Crippen LogP contribution in [0.25, 0.3) is 0 Å². The predicted molar refractivity (Wildman–Crippen MR) is 114 cm³/mol. The smallest absolute Gasteiger partial charge is 0.243 e. The van der Waals surface area contributed by atoms with Crippen LogP contribution in [0.1, 0.15) is 88.8 Å². The predicted octanol–water partition coefficient (Wildman–Crippen LogP) is 4.77. The molecule has 1 aromatic carbocycles. The van der Waals surface area contributed by atoms with Crippen molar-refractivity contribution in [3.8, 4) is 0 Å². The van der Waals surface area contributed by atoms with E-state index in [1.807, 2.05) is 0 Å². The quantitative estimate of drug-likeness (QED) is 0.698. The van der Waals surface area contributed by atoms with Gasteiger partial charge in [0.05, 0.1) is 4.90 Å². The summed E-state index contributed by atoms with van der Waals surface area (Å²) in [5.41, 5.74) is 3.15. The summed E-state index contributed by atoms with van der Waals surface area (Å²) >= 11 is 0. The van der Waals surface area contributed by atoms with Gasteiger partial charge in [-0.1, -0.05) is 53.7 Å². The third-order valence-electron chi connectivity index (χ3n) is 5.92. The highest BCUT2D eigenvalue weighted by molar-refractivity contribution is 7.89. The lowest BCUT2D eigenvalue weighted by molar-refractivity contribution is 0.197. The zero-order valence-electron chi connectivity index (χ0n) is 18.4. The Labute approximate surface area is 167 Å². The second-order valence-electron chi connectivity index (χ2n) is 9.05. The second kappa shape index (κ2) is 8.62. The minimum Gasteiger partial charge on any atom is -0.306 e. The van der Waals surface area contributed by atoms with Crippen LogP contribution in [-0.4, -0.2) is 50.8 Å². The molecule has 0 saturated carbocycles. The highest BCUT2D eigenvalue weighted by Crippen LogP contribution is 2.37. The van der Waals surface area contributed by atoms with Crippen LogP contribution in [0.4, 0.5) is 0 Å². The maximum atomic E-state index is 13.8. The summed E-state index contributed by atoms with van der Waals surface area (Å²) in [6, 6.07) is 4.32. The molecule has 0 aliphatic carbocycles. The monoisotopic (exact) mass is 394 g/mol. The highest BCUT2D eigenvalue weighted by atomic mass is 32.2. The molecule has 0 amide bonds. The summed E-state index contributed by atoms with van der Waals surface area (Å²) in [5.74, 6) is 0.706. The molecule has 0 radical (unpaired) electrons. The molecule has 0 N–H and O–H groups in total. The molecule has 0 aromatic heterocycles. The number of benzene rings is 1. The van der Waals surface area contributed by atoms with Gasteiger partial charge in [-0.2, -0.15) is 4.31 Å². The topological polar surface area (TPSA) is 40.6 Å². The Hall–Kier alpha value is -0.910. The molecule has 0 spiro atoms. The highest BCUT2D eigenvalue weighted by Gasteiger charge is 2.34. The van der Waals surface area contributed by atoms with E-state index in [-0.39, 0.29) is 17.9 Å². The van der Waals surface area contributed by atoms with Crippen LogP contribution in [0.2, 0.25) is 0 Å². The molecule has 5 heteroatoms. The van der Waals surface area contributed by atoms with Gasteiger partial charge in [-0.3, -0.25) is 0 Å². The van der Waals surface area contributed by atoms with E-state index in [2.05, 4.69) is 65.6 Å². The van der Waals surface area contributed by atoms with Crippen molar-refractivity contribution in [3.05, 3.63) is 28.8 Å². The molecule has 1 saturated heterocycles. The maximum Gasteiger partial charge on any atom is 0.243 e.